The Bertz CT molecular complexity index is 769. The predicted octanol–water partition coefficient (Wildman–Crippen LogP) is 2.98. The van der Waals surface area contributed by atoms with Crippen molar-refractivity contribution in [3.8, 4) is 6.07 Å². The summed E-state index contributed by atoms with van der Waals surface area (Å²) < 4.78 is 26.7. The number of rotatable bonds is 2. The van der Waals surface area contributed by atoms with Crippen LogP contribution in [0.15, 0.2) is 36.4 Å². The first-order chi connectivity index (χ1) is 10.6. The fraction of sp³-hybridized carbons (Fsp3) is 0.294. The van der Waals surface area contributed by atoms with Crippen LogP contribution in [0.4, 0.5) is 8.78 Å². The van der Waals surface area contributed by atoms with Crippen molar-refractivity contribution in [1.82, 2.24) is 4.90 Å². The summed E-state index contributed by atoms with van der Waals surface area (Å²) in [6.07, 6.45) is -0.994. The Morgan fingerprint density at radius 3 is 2.95 bits per heavy atom. The van der Waals surface area contributed by atoms with E-state index in [2.05, 4.69) is 0 Å². The van der Waals surface area contributed by atoms with E-state index in [1.165, 1.54) is 17.0 Å². The normalized spacial score (nSPS) is 21.0. The average molecular weight is 300 g/mol. The quantitative estimate of drug-likeness (QED) is 0.856. The van der Waals surface area contributed by atoms with E-state index < -0.39 is 12.2 Å². The smallest absolute Gasteiger partial charge is 0.228 e. The molecule has 0 spiro atoms. The highest BCUT2D eigenvalue weighted by atomic mass is 19.1. The number of hydrogen-bond acceptors (Lipinski definition) is 2. The number of halogens is 2. The zero-order valence-electron chi connectivity index (χ0n) is 11.8. The molecule has 1 aliphatic rings. The lowest BCUT2D eigenvalue weighted by Crippen LogP contribution is -2.36. The van der Waals surface area contributed by atoms with Crippen LogP contribution in [-0.2, 0) is 11.2 Å². The third kappa shape index (κ3) is 2.64. The first-order valence-corrected chi connectivity index (χ1v) is 7.09. The Kier molecular flexibility index (Phi) is 3.76. The molecule has 1 heterocycles. The van der Waals surface area contributed by atoms with Crippen molar-refractivity contribution < 1.29 is 13.6 Å². The molecule has 2 atom stereocenters. The highest BCUT2D eigenvalue weighted by Gasteiger charge is 2.35. The Morgan fingerprint density at radius 1 is 1.36 bits per heavy atom. The molecule has 1 fully saturated rings. The fourth-order valence-electron chi connectivity index (χ4n) is 2.92. The summed E-state index contributed by atoms with van der Waals surface area (Å²) in [6, 6.07) is 11.0. The maximum absolute atomic E-state index is 13.4. The molecule has 1 saturated heterocycles. The first-order valence-electron chi connectivity index (χ1n) is 7.09. The maximum atomic E-state index is 13.4. The van der Waals surface area contributed by atoms with Gasteiger partial charge in [0.15, 0.2) is 0 Å². The number of nitrogens with zero attached hydrogens (tertiary/aromatic N) is 2. The van der Waals surface area contributed by atoms with Crippen molar-refractivity contribution >= 4 is 16.7 Å². The Labute approximate surface area is 126 Å². The van der Waals surface area contributed by atoms with E-state index in [1.54, 1.807) is 24.3 Å². The molecule has 3 rings (SSSR count). The molecule has 0 radical (unpaired) electrons. The van der Waals surface area contributed by atoms with Gasteiger partial charge >= 0.3 is 0 Å². The van der Waals surface area contributed by atoms with E-state index in [0.717, 1.165) is 10.9 Å². The molecule has 3 nitrogen and oxygen atoms in total. The number of benzene rings is 2. The summed E-state index contributed by atoms with van der Waals surface area (Å²) >= 11 is 0. The minimum atomic E-state index is -1.14. The van der Waals surface area contributed by atoms with Gasteiger partial charge in [-0.1, -0.05) is 24.3 Å². The van der Waals surface area contributed by atoms with Gasteiger partial charge in [0, 0.05) is 6.42 Å². The van der Waals surface area contributed by atoms with Gasteiger partial charge in [0.1, 0.15) is 18.0 Å². The van der Waals surface area contributed by atoms with Crippen LogP contribution < -0.4 is 0 Å². The van der Waals surface area contributed by atoms with E-state index in [9.17, 15) is 13.6 Å². The molecule has 1 amide bonds. The molecule has 0 aliphatic carbocycles. The van der Waals surface area contributed by atoms with Gasteiger partial charge in [0.25, 0.3) is 0 Å². The topological polar surface area (TPSA) is 44.1 Å². The SMILES string of the molecule is N#CC1CC(F)CN1C(=O)Cc1cccc2cc(F)ccc12. The summed E-state index contributed by atoms with van der Waals surface area (Å²) in [4.78, 5) is 13.7. The monoisotopic (exact) mass is 300 g/mol. The Hall–Kier alpha value is -2.48. The molecule has 5 heteroatoms. The summed E-state index contributed by atoms with van der Waals surface area (Å²) in [5.41, 5.74) is 0.751. The molecule has 0 N–H and O–H groups in total. The number of carbonyl (C=O) groups excluding carboxylic acids is 1. The molecular weight excluding hydrogens is 286 g/mol. The molecule has 0 aromatic heterocycles. The first kappa shape index (κ1) is 14.5. The van der Waals surface area contributed by atoms with Crippen molar-refractivity contribution in [3.05, 3.63) is 47.8 Å². The van der Waals surface area contributed by atoms with Crippen LogP contribution in [0.5, 0.6) is 0 Å². The van der Waals surface area contributed by atoms with Crippen LogP contribution in [0.25, 0.3) is 10.8 Å². The average Bonchev–Trinajstić information content (AvgIpc) is 2.88. The molecule has 2 unspecified atom stereocenters. The number of fused-ring (bicyclic) bond motifs is 1. The highest BCUT2D eigenvalue weighted by Crippen LogP contribution is 2.24. The second-order valence-corrected chi connectivity index (χ2v) is 5.48. The van der Waals surface area contributed by atoms with Gasteiger partial charge < -0.3 is 4.90 Å². The minimum absolute atomic E-state index is 0.0313. The third-order valence-corrected chi connectivity index (χ3v) is 3.99. The predicted molar refractivity (Wildman–Crippen MR) is 78.2 cm³/mol. The van der Waals surface area contributed by atoms with Crippen molar-refractivity contribution in [3.63, 3.8) is 0 Å². The van der Waals surface area contributed by atoms with Crippen molar-refractivity contribution in [2.75, 3.05) is 6.54 Å². The lowest BCUT2D eigenvalue weighted by molar-refractivity contribution is -0.130. The third-order valence-electron chi connectivity index (χ3n) is 3.99. The summed E-state index contributed by atoms with van der Waals surface area (Å²) in [5, 5.41) is 10.5. The zero-order chi connectivity index (χ0) is 15.7. The van der Waals surface area contributed by atoms with Crippen LogP contribution in [0.3, 0.4) is 0 Å². The Balaban J connectivity index is 1.87. The van der Waals surface area contributed by atoms with E-state index in [-0.39, 0.29) is 31.1 Å². The number of nitriles is 1. The van der Waals surface area contributed by atoms with Gasteiger partial charge in [-0.2, -0.15) is 5.26 Å². The number of alkyl halides is 1. The highest BCUT2D eigenvalue weighted by molar-refractivity contribution is 5.90. The summed E-state index contributed by atoms with van der Waals surface area (Å²) in [7, 11) is 0. The van der Waals surface area contributed by atoms with E-state index in [0.29, 0.717) is 5.39 Å². The molecule has 22 heavy (non-hydrogen) atoms. The van der Waals surface area contributed by atoms with Gasteiger partial charge in [-0.3, -0.25) is 4.79 Å². The molecule has 112 valence electrons. The minimum Gasteiger partial charge on any atom is -0.323 e. The van der Waals surface area contributed by atoms with Gasteiger partial charge in [-0.25, -0.2) is 8.78 Å². The molecule has 1 aliphatic heterocycles. The van der Waals surface area contributed by atoms with Crippen molar-refractivity contribution in [1.29, 1.82) is 5.26 Å². The van der Waals surface area contributed by atoms with Gasteiger partial charge in [0.05, 0.1) is 19.0 Å². The zero-order valence-corrected chi connectivity index (χ0v) is 11.8. The van der Waals surface area contributed by atoms with Crippen LogP contribution in [0.2, 0.25) is 0 Å². The van der Waals surface area contributed by atoms with E-state index in [4.69, 9.17) is 5.26 Å². The lowest BCUT2D eigenvalue weighted by atomic mass is 10.0. The van der Waals surface area contributed by atoms with Crippen LogP contribution in [0, 0.1) is 17.1 Å². The molecule has 2 aromatic rings. The largest absolute Gasteiger partial charge is 0.323 e. The number of likely N-dealkylation sites (tertiary alicyclic amines) is 1. The number of hydrogen-bond donors (Lipinski definition) is 0. The molecule has 0 bridgehead atoms. The summed E-state index contributed by atoms with van der Waals surface area (Å²) in [5.74, 6) is -0.608. The van der Waals surface area contributed by atoms with Crippen molar-refractivity contribution in [2.24, 2.45) is 0 Å². The number of amides is 1. The van der Waals surface area contributed by atoms with Gasteiger partial charge in [0.2, 0.25) is 5.91 Å². The van der Waals surface area contributed by atoms with Gasteiger partial charge in [-0.15, -0.1) is 0 Å². The van der Waals surface area contributed by atoms with E-state index in [1.807, 2.05) is 6.07 Å². The molecular formula is C17H14F2N2O. The molecule has 2 aromatic carbocycles. The Morgan fingerprint density at radius 2 is 2.18 bits per heavy atom. The fourth-order valence-corrected chi connectivity index (χ4v) is 2.92. The maximum Gasteiger partial charge on any atom is 0.228 e. The standard InChI is InChI=1S/C17H14F2N2O/c18-13-4-5-16-11(6-13)2-1-3-12(16)7-17(22)21-10-14(19)8-15(21)9-20/h1-6,14-15H,7-8,10H2. The van der Waals surface area contributed by atoms with E-state index >= 15 is 0 Å². The second-order valence-electron chi connectivity index (χ2n) is 5.48. The van der Waals surface area contributed by atoms with Crippen LogP contribution >= 0.6 is 0 Å². The number of carbonyl (C=O) groups is 1. The van der Waals surface area contributed by atoms with Crippen LogP contribution in [-0.4, -0.2) is 29.6 Å². The van der Waals surface area contributed by atoms with Crippen LogP contribution in [0.1, 0.15) is 12.0 Å². The second kappa shape index (κ2) is 5.72. The summed E-state index contributed by atoms with van der Waals surface area (Å²) in [6.45, 7) is -0.0313. The van der Waals surface area contributed by atoms with Gasteiger partial charge in [-0.05, 0) is 28.5 Å². The van der Waals surface area contributed by atoms with Crippen molar-refractivity contribution in [2.45, 2.75) is 25.1 Å². The molecule has 0 saturated carbocycles. The lowest BCUT2D eigenvalue weighted by Gasteiger charge is -2.19.